The zero-order valence-corrected chi connectivity index (χ0v) is 12.1. The van der Waals surface area contributed by atoms with Crippen LogP contribution in [0.1, 0.15) is 22.4 Å². The van der Waals surface area contributed by atoms with Crippen LogP contribution in [0.15, 0.2) is 24.3 Å². The highest BCUT2D eigenvalue weighted by molar-refractivity contribution is 5.66. The number of ether oxygens (including phenoxy) is 1. The van der Waals surface area contributed by atoms with Crippen LogP contribution in [0.2, 0.25) is 0 Å². The number of aryl methyl sites for hydroxylation is 3. The molecule has 0 amide bonds. The van der Waals surface area contributed by atoms with Gasteiger partial charge in [0.15, 0.2) is 0 Å². The summed E-state index contributed by atoms with van der Waals surface area (Å²) < 4.78 is 5.24. The zero-order chi connectivity index (χ0) is 14.7. The van der Waals surface area contributed by atoms with Crippen molar-refractivity contribution in [2.45, 2.75) is 20.8 Å². The maximum atomic E-state index is 9.25. The Balaban J connectivity index is 2.40. The van der Waals surface area contributed by atoms with Crippen molar-refractivity contribution in [3.63, 3.8) is 0 Å². The predicted octanol–water partition coefficient (Wildman–Crippen LogP) is 3.63. The molecule has 0 saturated carbocycles. The van der Waals surface area contributed by atoms with Gasteiger partial charge in [-0.25, -0.2) is 4.98 Å². The van der Waals surface area contributed by atoms with Crippen molar-refractivity contribution in [1.29, 1.82) is 5.26 Å². The van der Waals surface area contributed by atoms with Crippen molar-refractivity contribution in [2.75, 3.05) is 12.4 Å². The summed E-state index contributed by atoms with van der Waals surface area (Å²) in [6.45, 7) is 5.81. The Hall–Kier alpha value is -2.54. The summed E-state index contributed by atoms with van der Waals surface area (Å²) in [6.07, 6.45) is 0. The molecular formula is C16H17N3O. The third-order valence-electron chi connectivity index (χ3n) is 3.11. The minimum absolute atomic E-state index is 0.573. The molecule has 1 heterocycles. The summed E-state index contributed by atoms with van der Waals surface area (Å²) in [5, 5.41) is 12.5. The number of nitrogens with one attached hydrogen (secondary N) is 1. The standard InChI is InChI=1S/C16H17N3O/c1-10-7-12(3)18-16(14(10)9-17)19-13-5-6-15(20-4)11(2)8-13/h5-8H,1-4H3,(H,18,19). The molecule has 0 aliphatic carbocycles. The van der Waals surface area contributed by atoms with E-state index in [1.807, 2.05) is 45.0 Å². The summed E-state index contributed by atoms with van der Waals surface area (Å²) in [5.41, 5.74) is 4.30. The Bertz CT molecular complexity index is 687. The third kappa shape index (κ3) is 2.72. The molecule has 1 aromatic carbocycles. The van der Waals surface area contributed by atoms with E-state index in [9.17, 15) is 5.26 Å². The number of methoxy groups -OCH3 is 1. The molecule has 0 bridgehead atoms. The highest BCUT2D eigenvalue weighted by atomic mass is 16.5. The van der Waals surface area contributed by atoms with Gasteiger partial charge in [0.2, 0.25) is 0 Å². The fourth-order valence-corrected chi connectivity index (χ4v) is 2.16. The average molecular weight is 267 g/mol. The number of aromatic nitrogens is 1. The van der Waals surface area contributed by atoms with E-state index in [4.69, 9.17) is 4.74 Å². The monoisotopic (exact) mass is 267 g/mol. The number of nitriles is 1. The van der Waals surface area contributed by atoms with E-state index < -0.39 is 0 Å². The summed E-state index contributed by atoms with van der Waals surface area (Å²) in [4.78, 5) is 4.41. The largest absolute Gasteiger partial charge is 0.496 e. The van der Waals surface area contributed by atoms with Gasteiger partial charge in [-0.1, -0.05) is 0 Å². The molecule has 4 nitrogen and oxygen atoms in total. The molecular weight excluding hydrogens is 250 g/mol. The minimum Gasteiger partial charge on any atom is -0.496 e. The van der Waals surface area contributed by atoms with Crippen molar-refractivity contribution in [3.05, 3.63) is 46.6 Å². The first-order valence-electron chi connectivity index (χ1n) is 6.35. The van der Waals surface area contributed by atoms with Gasteiger partial charge in [-0.05, 0) is 56.2 Å². The number of anilines is 2. The molecule has 0 atom stereocenters. The summed E-state index contributed by atoms with van der Waals surface area (Å²) in [7, 11) is 1.65. The Morgan fingerprint density at radius 3 is 2.50 bits per heavy atom. The fourth-order valence-electron chi connectivity index (χ4n) is 2.16. The number of benzene rings is 1. The molecule has 102 valence electrons. The lowest BCUT2D eigenvalue weighted by atomic mass is 10.1. The number of hydrogen-bond acceptors (Lipinski definition) is 4. The molecule has 0 spiro atoms. The van der Waals surface area contributed by atoms with Gasteiger partial charge in [-0.2, -0.15) is 5.26 Å². The van der Waals surface area contributed by atoms with Crippen LogP contribution in [0.3, 0.4) is 0 Å². The van der Waals surface area contributed by atoms with E-state index in [2.05, 4.69) is 16.4 Å². The molecule has 0 fully saturated rings. The molecule has 2 rings (SSSR count). The van der Waals surface area contributed by atoms with Crippen molar-refractivity contribution < 1.29 is 4.74 Å². The average Bonchev–Trinajstić information content (AvgIpc) is 2.38. The van der Waals surface area contributed by atoms with E-state index >= 15 is 0 Å². The van der Waals surface area contributed by atoms with E-state index in [0.29, 0.717) is 11.4 Å². The minimum atomic E-state index is 0.573. The number of hydrogen-bond donors (Lipinski definition) is 1. The topological polar surface area (TPSA) is 57.9 Å². The lowest BCUT2D eigenvalue weighted by Gasteiger charge is -2.12. The maximum Gasteiger partial charge on any atom is 0.148 e. The van der Waals surface area contributed by atoms with E-state index in [1.165, 1.54) is 0 Å². The van der Waals surface area contributed by atoms with Crippen LogP contribution in [0.25, 0.3) is 0 Å². The lowest BCUT2D eigenvalue weighted by Crippen LogP contribution is -2.01. The van der Waals surface area contributed by atoms with Gasteiger partial charge in [0.05, 0.1) is 12.7 Å². The molecule has 0 aliphatic heterocycles. The first kappa shape index (κ1) is 13.9. The van der Waals surface area contributed by atoms with Crippen LogP contribution >= 0.6 is 0 Å². The quantitative estimate of drug-likeness (QED) is 0.922. The Morgan fingerprint density at radius 2 is 1.90 bits per heavy atom. The van der Waals surface area contributed by atoms with Crippen molar-refractivity contribution in [2.24, 2.45) is 0 Å². The second kappa shape index (κ2) is 5.62. The first-order valence-corrected chi connectivity index (χ1v) is 6.35. The molecule has 2 aromatic rings. The molecule has 1 N–H and O–H groups in total. The predicted molar refractivity (Wildman–Crippen MR) is 79.4 cm³/mol. The fraction of sp³-hybridized carbons (Fsp3) is 0.250. The van der Waals surface area contributed by atoms with Crippen molar-refractivity contribution in [1.82, 2.24) is 4.98 Å². The third-order valence-corrected chi connectivity index (χ3v) is 3.11. The smallest absolute Gasteiger partial charge is 0.148 e. The van der Waals surface area contributed by atoms with Gasteiger partial charge in [-0.3, -0.25) is 0 Å². The van der Waals surface area contributed by atoms with Gasteiger partial charge < -0.3 is 10.1 Å². The van der Waals surface area contributed by atoms with Crippen molar-refractivity contribution >= 4 is 11.5 Å². The van der Waals surface area contributed by atoms with Gasteiger partial charge in [-0.15, -0.1) is 0 Å². The van der Waals surface area contributed by atoms with Gasteiger partial charge in [0, 0.05) is 11.4 Å². The van der Waals surface area contributed by atoms with Crippen LogP contribution in [0.4, 0.5) is 11.5 Å². The van der Waals surface area contributed by atoms with Crippen LogP contribution in [0, 0.1) is 32.1 Å². The molecule has 1 aromatic heterocycles. The summed E-state index contributed by atoms with van der Waals surface area (Å²) in [6, 6.07) is 9.88. The first-order chi connectivity index (χ1) is 9.55. The molecule has 0 aliphatic rings. The van der Waals surface area contributed by atoms with Crippen LogP contribution < -0.4 is 10.1 Å². The number of pyridine rings is 1. The number of rotatable bonds is 3. The second-order valence-electron chi connectivity index (χ2n) is 4.73. The lowest BCUT2D eigenvalue weighted by molar-refractivity contribution is 0.412. The summed E-state index contributed by atoms with van der Waals surface area (Å²) >= 11 is 0. The van der Waals surface area contributed by atoms with Crippen LogP contribution in [-0.2, 0) is 0 Å². The van der Waals surface area contributed by atoms with Crippen LogP contribution in [-0.4, -0.2) is 12.1 Å². The molecule has 0 unspecified atom stereocenters. The maximum absolute atomic E-state index is 9.25. The molecule has 20 heavy (non-hydrogen) atoms. The van der Waals surface area contributed by atoms with Gasteiger partial charge >= 0.3 is 0 Å². The molecule has 4 heteroatoms. The highest BCUT2D eigenvalue weighted by Gasteiger charge is 2.09. The second-order valence-corrected chi connectivity index (χ2v) is 4.73. The van der Waals surface area contributed by atoms with Gasteiger partial charge in [0.25, 0.3) is 0 Å². The Morgan fingerprint density at radius 1 is 1.15 bits per heavy atom. The Labute approximate surface area is 119 Å². The highest BCUT2D eigenvalue weighted by Crippen LogP contribution is 2.26. The molecule has 0 saturated heterocycles. The van der Waals surface area contributed by atoms with Crippen LogP contribution in [0.5, 0.6) is 5.75 Å². The normalized spacial score (nSPS) is 9.95. The summed E-state index contributed by atoms with van der Waals surface area (Å²) in [5.74, 6) is 1.43. The van der Waals surface area contributed by atoms with E-state index in [-0.39, 0.29) is 0 Å². The molecule has 0 radical (unpaired) electrons. The van der Waals surface area contributed by atoms with Crippen molar-refractivity contribution in [3.8, 4) is 11.8 Å². The Kier molecular flexibility index (Phi) is 3.90. The number of nitrogens with zero attached hydrogens (tertiary/aromatic N) is 2. The van der Waals surface area contributed by atoms with Gasteiger partial charge in [0.1, 0.15) is 17.6 Å². The van der Waals surface area contributed by atoms with E-state index in [0.717, 1.165) is 28.3 Å². The zero-order valence-electron chi connectivity index (χ0n) is 12.1. The SMILES string of the molecule is COc1ccc(Nc2nc(C)cc(C)c2C#N)cc1C. The van der Waals surface area contributed by atoms with E-state index in [1.54, 1.807) is 7.11 Å².